The zero-order chi connectivity index (χ0) is 21.1. The fourth-order valence-electron chi connectivity index (χ4n) is 3.09. The van der Waals surface area contributed by atoms with E-state index in [1.807, 2.05) is 37.3 Å². The Morgan fingerprint density at radius 1 is 1.07 bits per heavy atom. The van der Waals surface area contributed by atoms with Crippen LogP contribution in [0.2, 0.25) is 0 Å². The predicted molar refractivity (Wildman–Crippen MR) is 108 cm³/mol. The standard InChI is InChI=1S/C23H18N2O5/c1-14-18(24-21(29-14)17-5-3-2-4-6-17)11-12-20(26)16-9-7-15(8-10-16)13-19-22(27)30-23(28)25-19/h2-10,13H,11-12H2,1H3,(H,25,28). The predicted octanol–water partition coefficient (Wildman–Crippen LogP) is 4.07. The van der Waals surface area contributed by atoms with Crippen LogP contribution in [-0.2, 0) is 16.0 Å². The second-order valence-corrected chi connectivity index (χ2v) is 6.79. The Labute approximate surface area is 172 Å². The van der Waals surface area contributed by atoms with Crippen molar-refractivity contribution in [2.24, 2.45) is 0 Å². The lowest BCUT2D eigenvalue weighted by Crippen LogP contribution is -2.11. The van der Waals surface area contributed by atoms with Gasteiger partial charge < -0.3 is 9.15 Å². The van der Waals surface area contributed by atoms with Crippen LogP contribution in [0.25, 0.3) is 17.5 Å². The number of ether oxygens (including phenoxy) is 1. The van der Waals surface area contributed by atoms with E-state index in [1.54, 1.807) is 24.3 Å². The highest BCUT2D eigenvalue weighted by Gasteiger charge is 2.25. The fourth-order valence-corrected chi connectivity index (χ4v) is 3.09. The molecule has 1 aliphatic heterocycles. The number of carbonyl (C=O) groups is 3. The third-order valence-corrected chi connectivity index (χ3v) is 4.69. The smallest absolute Gasteiger partial charge is 0.419 e. The van der Waals surface area contributed by atoms with E-state index in [0.29, 0.717) is 35.6 Å². The third kappa shape index (κ3) is 4.20. The number of cyclic esters (lactones) is 2. The van der Waals surface area contributed by atoms with Crippen molar-refractivity contribution in [1.29, 1.82) is 0 Å². The van der Waals surface area contributed by atoms with Gasteiger partial charge in [0.05, 0.1) is 5.69 Å². The van der Waals surface area contributed by atoms with Crippen molar-refractivity contribution < 1.29 is 23.5 Å². The van der Waals surface area contributed by atoms with Crippen molar-refractivity contribution in [3.8, 4) is 11.5 Å². The van der Waals surface area contributed by atoms with Crippen molar-refractivity contribution in [3.63, 3.8) is 0 Å². The molecule has 1 fully saturated rings. The molecule has 0 spiro atoms. The van der Waals surface area contributed by atoms with Gasteiger partial charge in [-0.2, -0.15) is 0 Å². The zero-order valence-electron chi connectivity index (χ0n) is 16.2. The highest BCUT2D eigenvalue weighted by molar-refractivity contribution is 6.07. The lowest BCUT2D eigenvalue weighted by molar-refractivity contribution is -0.130. The average molecular weight is 402 g/mol. The summed E-state index contributed by atoms with van der Waals surface area (Å²) < 4.78 is 10.1. The molecule has 1 aliphatic rings. The summed E-state index contributed by atoms with van der Waals surface area (Å²) in [5.74, 6) is 0.504. The second kappa shape index (κ2) is 8.16. The molecule has 7 heteroatoms. The maximum atomic E-state index is 12.6. The van der Waals surface area contributed by atoms with Gasteiger partial charge in [-0.15, -0.1) is 0 Å². The number of aryl methyl sites for hydroxylation is 2. The van der Waals surface area contributed by atoms with Gasteiger partial charge >= 0.3 is 12.1 Å². The van der Waals surface area contributed by atoms with Crippen LogP contribution in [-0.4, -0.2) is 22.8 Å². The Morgan fingerprint density at radius 3 is 2.47 bits per heavy atom. The molecule has 2 heterocycles. The molecule has 30 heavy (non-hydrogen) atoms. The van der Waals surface area contributed by atoms with E-state index in [-0.39, 0.29) is 11.5 Å². The van der Waals surface area contributed by atoms with Crippen molar-refractivity contribution in [3.05, 3.63) is 82.9 Å². The zero-order valence-corrected chi connectivity index (χ0v) is 16.2. The third-order valence-electron chi connectivity index (χ3n) is 4.69. The first-order valence-corrected chi connectivity index (χ1v) is 9.39. The van der Waals surface area contributed by atoms with Crippen LogP contribution in [0, 0.1) is 6.92 Å². The van der Waals surface area contributed by atoms with Gasteiger partial charge in [-0.05, 0) is 30.7 Å². The fraction of sp³-hybridized carbons (Fsp3) is 0.130. The van der Waals surface area contributed by atoms with Gasteiger partial charge in [0.1, 0.15) is 11.5 Å². The Bertz CT molecular complexity index is 1140. The van der Waals surface area contributed by atoms with Crippen molar-refractivity contribution in [1.82, 2.24) is 10.3 Å². The molecule has 3 aromatic rings. The Kier molecular flexibility index (Phi) is 5.26. The molecular weight excluding hydrogens is 384 g/mol. The molecule has 4 rings (SSSR count). The van der Waals surface area contributed by atoms with Crippen LogP contribution in [0.15, 0.2) is 64.7 Å². The molecular formula is C23H18N2O5. The normalized spacial score (nSPS) is 14.6. The van der Waals surface area contributed by atoms with Crippen molar-refractivity contribution >= 4 is 23.9 Å². The monoisotopic (exact) mass is 402 g/mol. The first kappa shape index (κ1) is 19.3. The van der Waals surface area contributed by atoms with Gasteiger partial charge in [-0.25, -0.2) is 14.6 Å². The molecule has 1 N–H and O–H groups in total. The molecule has 0 bridgehead atoms. The first-order valence-electron chi connectivity index (χ1n) is 9.39. The number of alkyl carbamates (subject to hydrolysis) is 1. The molecule has 0 atom stereocenters. The Morgan fingerprint density at radius 2 is 1.80 bits per heavy atom. The second-order valence-electron chi connectivity index (χ2n) is 6.79. The number of oxazole rings is 1. The SMILES string of the molecule is Cc1oc(-c2ccccc2)nc1CCC(=O)c1ccc(C=C2NC(=O)OC2=O)cc1. The number of rotatable bonds is 6. The van der Waals surface area contributed by atoms with Crippen LogP contribution in [0.5, 0.6) is 0 Å². The van der Waals surface area contributed by atoms with Gasteiger partial charge in [-0.3, -0.25) is 10.1 Å². The van der Waals surface area contributed by atoms with Gasteiger partial charge in [0.15, 0.2) is 5.78 Å². The Hall–Kier alpha value is -4.00. The van der Waals surface area contributed by atoms with E-state index < -0.39 is 12.1 Å². The van der Waals surface area contributed by atoms with Crippen molar-refractivity contribution in [2.75, 3.05) is 0 Å². The van der Waals surface area contributed by atoms with E-state index in [2.05, 4.69) is 15.0 Å². The van der Waals surface area contributed by atoms with Crippen LogP contribution in [0.3, 0.4) is 0 Å². The molecule has 0 aliphatic carbocycles. The summed E-state index contributed by atoms with van der Waals surface area (Å²) in [7, 11) is 0. The minimum absolute atomic E-state index is 0.0218. The summed E-state index contributed by atoms with van der Waals surface area (Å²) in [4.78, 5) is 39.6. The van der Waals surface area contributed by atoms with Crippen LogP contribution >= 0.6 is 0 Å². The maximum absolute atomic E-state index is 12.6. The van der Waals surface area contributed by atoms with Gasteiger partial charge in [0, 0.05) is 24.0 Å². The average Bonchev–Trinajstić information content (AvgIpc) is 3.28. The summed E-state index contributed by atoms with van der Waals surface area (Å²) >= 11 is 0. The molecule has 150 valence electrons. The minimum atomic E-state index is -0.795. The number of Topliss-reactive ketones (excluding diaryl/α,β-unsaturated/α-hetero) is 1. The number of benzene rings is 2. The van der Waals surface area contributed by atoms with E-state index in [4.69, 9.17) is 4.42 Å². The van der Waals surface area contributed by atoms with E-state index in [9.17, 15) is 14.4 Å². The summed E-state index contributed by atoms with van der Waals surface area (Å²) in [5.41, 5.74) is 2.94. The minimum Gasteiger partial charge on any atom is -0.441 e. The largest absolute Gasteiger partial charge is 0.441 e. The van der Waals surface area contributed by atoms with Gasteiger partial charge in [-0.1, -0.05) is 42.5 Å². The molecule has 0 unspecified atom stereocenters. The van der Waals surface area contributed by atoms with E-state index in [0.717, 1.165) is 11.3 Å². The lowest BCUT2D eigenvalue weighted by Gasteiger charge is -2.02. The van der Waals surface area contributed by atoms with Crippen LogP contribution in [0.1, 0.15) is 33.8 Å². The lowest BCUT2D eigenvalue weighted by atomic mass is 10.0. The molecule has 1 amide bonds. The number of esters is 1. The van der Waals surface area contributed by atoms with E-state index >= 15 is 0 Å². The number of ketones is 1. The molecule has 0 saturated carbocycles. The summed E-state index contributed by atoms with van der Waals surface area (Å²) in [6.07, 6.45) is 1.47. The van der Waals surface area contributed by atoms with E-state index in [1.165, 1.54) is 6.08 Å². The topological polar surface area (TPSA) is 98.5 Å². The first-order chi connectivity index (χ1) is 14.5. The molecule has 1 saturated heterocycles. The number of amides is 1. The number of hydrogen-bond acceptors (Lipinski definition) is 6. The number of nitrogens with zero attached hydrogens (tertiary/aromatic N) is 1. The number of nitrogens with one attached hydrogen (secondary N) is 1. The Balaban J connectivity index is 1.40. The summed E-state index contributed by atoms with van der Waals surface area (Å²) in [6, 6.07) is 16.4. The van der Waals surface area contributed by atoms with Crippen molar-refractivity contribution in [2.45, 2.75) is 19.8 Å². The van der Waals surface area contributed by atoms with Crippen LogP contribution in [0.4, 0.5) is 4.79 Å². The molecule has 7 nitrogen and oxygen atoms in total. The quantitative estimate of drug-likeness (QED) is 0.289. The van der Waals surface area contributed by atoms with Gasteiger partial charge in [0.25, 0.3) is 0 Å². The van der Waals surface area contributed by atoms with Crippen LogP contribution < -0.4 is 5.32 Å². The maximum Gasteiger partial charge on any atom is 0.419 e. The van der Waals surface area contributed by atoms with Gasteiger partial charge in [0.2, 0.25) is 5.89 Å². The highest BCUT2D eigenvalue weighted by atomic mass is 16.6. The number of hydrogen-bond donors (Lipinski definition) is 1. The summed E-state index contributed by atoms with van der Waals surface area (Å²) in [6.45, 7) is 1.84. The summed E-state index contributed by atoms with van der Waals surface area (Å²) in [5, 5.41) is 2.31. The molecule has 1 aromatic heterocycles. The number of carbonyl (C=O) groups excluding carboxylic acids is 3. The highest BCUT2D eigenvalue weighted by Crippen LogP contribution is 2.22. The molecule has 0 radical (unpaired) electrons. The molecule has 2 aromatic carbocycles. The number of aromatic nitrogens is 1.